The van der Waals surface area contributed by atoms with Gasteiger partial charge in [-0.2, -0.15) is 0 Å². The Hall–Kier alpha value is -2.23. The van der Waals surface area contributed by atoms with Crippen LogP contribution in [0.2, 0.25) is 0 Å². The van der Waals surface area contributed by atoms with Gasteiger partial charge < -0.3 is 24.7 Å². The highest BCUT2D eigenvalue weighted by Gasteiger charge is 2.77. The van der Waals surface area contributed by atoms with Crippen molar-refractivity contribution in [3.8, 4) is 0 Å². The molecule has 3 aliphatic rings. The molecule has 35 heavy (non-hydrogen) atoms. The van der Waals surface area contributed by atoms with Gasteiger partial charge in [0.05, 0.1) is 30.6 Å². The standard InChI is InChI=1S/C26H33BrN2O6/c1-6-10-28(20-14(4)8-7-9-15(20)5)24(32)22-26-11-16(27)21(35-26)18(25(33)34)19(26)23(31)29(22)17(12-30)13(2)3/h6-9,13,16-19,21-22,30H,1,10-12H2,2-5H3,(H,33,34)/t16?,17-,18+,19-,21+,22+,26-/m0/s1. The molecule has 3 saturated heterocycles. The van der Waals surface area contributed by atoms with Gasteiger partial charge in [0.1, 0.15) is 11.6 Å². The van der Waals surface area contributed by atoms with E-state index in [0.29, 0.717) is 6.42 Å². The highest BCUT2D eigenvalue weighted by atomic mass is 79.9. The van der Waals surface area contributed by atoms with Crippen LogP contribution >= 0.6 is 15.9 Å². The molecule has 2 bridgehead atoms. The number of alkyl halides is 1. The van der Waals surface area contributed by atoms with E-state index >= 15 is 0 Å². The van der Waals surface area contributed by atoms with Crippen molar-refractivity contribution in [2.45, 2.75) is 62.7 Å². The van der Waals surface area contributed by atoms with Crippen molar-refractivity contribution in [1.82, 2.24) is 4.90 Å². The number of carbonyl (C=O) groups is 3. The van der Waals surface area contributed by atoms with E-state index in [1.54, 1.807) is 11.0 Å². The number of carboxylic acids is 1. The minimum absolute atomic E-state index is 0.164. The summed E-state index contributed by atoms with van der Waals surface area (Å²) in [7, 11) is 0. The van der Waals surface area contributed by atoms with Crippen LogP contribution in [-0.4, -0.2) is 74.7 Å². The molecule has 7 atom stereocenters. The number of rotatable bonds is 8. The normalized spacial score (nSPS) is 32.1. The average molecular weight is 549 g/mol. The quantitative estimate of drug-likeness (QED) is 0.382. The van der Waals surface area contributed by atoms with E-state index in [1.807, 2.05) is 45.9 Å². The van der Waals surface area contributed by atoms with E-state index in [1.165, 1.54) is 4.90 Å². The number of aliphatic hydroxyl groups excluding tert-OH is 1. The first kappa shape index (κ1) is 25.9. The van der Waals surface area contributed by atoms with E-state index in [2.05, 4.69) is 22.5 Å². The van der Waals surface area contributed by atoms with Crippen LogP contribution in [0.3, 0.4) is 0 Å². The van der Waals surface area contributed by atoms with Crippen LogP contribution in [0.4, 0.5) is 5.69 Å². The number of carboxylic acid groups (broad SMARTS) is 1. The molecule has 0 radical (unpaired) electrons. The number of hydrogen-bond acceptors (Lipinski definition) is 5. The summed E-state index contributed by atoms with van der Waals surface area (Å²) in [6.45, 7) is 11.3. The topological polar surface area (TPSA) is 107 Å². The maximum absolute atomic E-state index is 14.5. The number of para-hydroxylation sites is 1. The van der Waals surface area contributed by atoms with Gasteiger partial charge in [0.2, 0.25) is 5.91 Å². The van der Waals surface area contributed by atoms with Gasteiger partial charge in [0.15, 0.2) is 0 Å². The monoisotopic (exact) mass is 548 g/mol. The second kappa shape index (κ2) is 9.33. The molecule has 1 aromatic carbocycles. The summed E-state index contributed by atoms with van der Waals surface area (Å²) in [4.78, 5) is 43.5. The molecule has 1 unspecified atom stereocenters. The largest absolute Gasteiger partial charge is 0.481 e. The predicted octanol–water partition coefficient (Wildman–Crippen LogP) is 2.67. The SMILES string of the molecule is C=CCN(C(=O)[C@H]1N([C@@H](CO)C(C)C)C(=O)[C@@H]2[C@@H](C(=O)O)[C@@H]3O[C@@]21CC3Br)c1c(C)cccc1C. The molecule has 0 aromatic heterocycles. The lowest BCUT2D eigenvalue weighted by molar-refractivity contribution is -0.151. The zero-order chi connectivity index (χ0) is 25.8. The zero-order valence-corrected chi connectivity index (χ0v) is 22.1. The Balaban J connectivity index is 1.90. The van der Waals surface area contributed by atoms with Gasteiger partial charge in [0, 0.05) is 17.1 Å². The molecular weight excluding hydrogens is 516 g/mol. The fraction of sp³-hybridized carbons (Fsp3) is 0.577. The highest BCUT2D eigenvalue weighted by Crippen LogP contribution is 2.60. The van der Waals surface area contributed by atoms with Gasteiger partial charge in [-0.25, -0.2) is 0 Å². The fourth-order valence-corrected chi connectivity index (χ4v) is 7.35. The van der Waals surface area contributed by atoms with E-state index < -0.39 is 47.5 Å². The Morgan fingerprint density at radius 1 is 1.34 bits per heavy atom. The second-order valence-corrected chi connectivity index (χ2v) is 11.4. The third kappa shape index (κ3) is 3.74. The third-order valence-electron chi connectivity index (χ3n) is 7.85. The summed E-state index contributed by atoms with van der Waals surface area (Å²) in [5.41, 5.74) is 1.22. The number of amides is 2. The van der Waals surface area contributed by atoms with E-state index in [-0.39, 0.29) is 29.8 Å². The minimum Gasteiger partial charge on any atom is -0.481 e. The van der Waals surface area contributed by atoms with Crippen LogP contribution in [0.5, 0.6) is 0 Å². The Morgan fingerprint density at radius 2 is 1.97 bits per heavy atom. The maximum Gasteiger partial charge on any atom is 0.310 e. The number of halogens is 1. The number of nitrogens with zero attached hydrogens (tertiary/aromatic N) is 2. The van der Waals surface area contributed by atoms with Crippen LogP contribution in [0.1, 0.15) is 31.4 Å². The number of fused-ring (bicyclic) bond motifs is 1. The van der Waals surface area contributed by atoms with Crippen LogP contribution in [0, 0.1) is 31.6 Å². The average Bonchev–Trinajstić information content (AvgIpc) is 3.37. The van der Waals surface area contributed by atoms with E-state index in [9.17, 15) is 24.6 Å². The maximum atomic E-state index is 14.5. The van der Waals surface area contributed by atoms with E-state index in [0.717, 1.165) is 16.8 Å². The molecule has 8 nitrogen and oxygen atoms in total. The molecule has 190 valence electrons. The Bertz CT molecular complexity index is 1040. The molecule has 3 aliphatic heterocycles. The molecule has 3 fully saturated rings. The first-order chi connectivity index (χ1) is 16.5. The molecular formula is C26H33BrN2O6. The van der Waals surface area contributed by atoms with Crippen molar-refractivity contribution < 1.29 is 29.3 Å². The number of likely N-dealkylation sites (tertiary alicyclic amines) is 1. The number of aliphatic hydroxyl groups is 1. The van der Waals surface area contributed by atoms with Gasteiger partial charge in [-0.05, 0) is 37.3 Å². The number of carbonyl (C=O) groups excluding carboxylic acids is 2. The van der Waals surface area contributed by atoms with Crippen LogP contribution in [-0.2, 0) is 19.1 Å². The molecule has 1 spiro atoms. The van der Waals surface area contributed by atoms with Gasteiger partial charge in [0.25, 0.3) is 5.91 Å². The lowest BCUT2D eigenvalue weighted by Gasteiger charge is -2.41. The molecule has 0 saturated carbocycles. The van der Waals surface area contributed by atoms with Crippen LogP contribution in [0.25, 0.3) is 0 Å². The van der Waals surface area contributed by atoms with Crippen molar-refractivity contribution in [2.24, 2.45) is 17.8 Å². The number of aliphatic carboxylic acids is 1. The first-order valence-electron chi connectivity index (χ1n) is 12.0. The lowest BCUT2D eigenvalue weighted by Crippen LogP contribution is -2.60. The second-order valence-electron chi connectivity index (χ2n) is 10.2. The molecule has 2 N–H and O–H groups in total. The predicted molar refractivity (Wildman–Crippen MR) is 134 cm³/mol. The summed E-state index contributed by atoms with van der Waals surface area (Å²) in [6.07, 6.45) is 1.25. The molecule has 4 rings (SSSR count). The number of aryl methyl sites for hydroxylation is 2. The van der Waals surface area contributed by atoms with E-state index in [4.69, 9.17) is 4.74 Å². The van der Waals surface area contributed by atoms with Crippen LogP contribution in [0.15, 0.2) is 30.9 Å². The number of hydrogen-bond donors (Lipinski definition) is 2. The number of ether oxygens (including phenoxy) is 1. The molecule has 3 heterocycles. The van der Waals surface area contributed by atoms with Crippen molar-refractivity contribution in [3.63, 3.8) is 0 Å². The Kier molecular flexibility index (Phi) is 6.89. The number of benzene rings is 1. The summed E-state index contributed by atoms with van der Waals surface area (Å²) in [6, 6.07) is 4.02. The van der Waals surface area contributed by atoms with Gasteiger partial charge >= 0.3 is 5.97 Å². The smallest absolute Gasteiger partial charge is 0.310 e. The van der Waals surface area contributed by atoms with Gasteiger partial charge in [-0.15, -0.1) is 6.58 Å². The van der Waals surface area contributed by atoms with Crippen molar-refractivity contribution >= 4 is 39.4 Å². The molecule has 2 amide bonds. The van der Waals surface area contributed by atoms with Gasteiger partial charge in [-0.3, -0.25) is 14.4 Å². The fourth-order valence-electron chi connectivity index (χ4n) is 6.41. The van der Waals surface area contributed by atoms with Crippen molar-refractivity contribution in [2.75, 3.05) is 18.1 Å². The Labute approximate surface area is 214 Å². The van der Waals surface area contributed by atoms with Crippen LogP contribution < -0.4 is 4.90 Å². The highest BCUT2D eigenvalue weighted by molar-refractivity contribution is 9.09. The zero-order valence-electron chi connectivity index (χ0n) is 20.5. The summed E-state index contributed by atoms with van der Waals surface area (Å²) in [5.74, 6) is -4.14. The summed E-state index contributed by atoms with van der Waals surface area (Å²) < 4.78 is 6.36. The molecule has 0 aliphatic carbocycles. The first-order valence-corrected chi connectivity index (χ1v) is 12.9. The summed E-state index contributed by atoms with van der Waals surface area (Å²) >= 11 is 3.56. The van der Waals surface area contributed by atoms with Crippen molar-refractivity contribution in [1.29, 1.82) is 0 Å². The number of anilines is 1. The van der Waals surface area contributed by atoms with Crippen molar-refractivity contribution in [3.05, 3.63) is 42.0 Å². The van der Waals surface area contributed by atoms with Gasteiger partial charge in [-0.1, -0.05) is 54.1 Å². The molecule has 9 heteroatoms. The third-order valence-corrected chi connectivity index (χ3v) is 8.69. The Morgan fingerprint density at radius 3 is 2.49 bits per heavy atom. The summed E-state index contributed by atoms with van der Waals surface area (Å²) in [5, 5.41) is 20.3. The lowest BCUT2D eigenvalue weighted by atomic mass is 9.70. The minimum atomic E-state index is -1.30. The molecule has 1 aromatic rings.